The molecule has 0 unspecified atom stereocenters. The van der Waals surface area contributed by atoms with Gasteiger partial charge in [0, 0.05) is 30.4 Å². The third kappa shape index (κ3) is 3.46. The number of aryl methyl sites for hydroxylation is 1. The van der Waals surface area contributed by atoms with Crippen molar-refractivity contribution in [3.05, 3.63) is 45.8 Å². The summed E-state index contributed by atoms with van der Waals surface area (Å²) in [7, 11) is 1.47. The van der Waals surface area contributed by atoms with Crippen LogP contribution in [0.15, 0.2) is 23.3 Å². The fourth-order valence-corrected chi connectivity index (χ4v) is 1.77. The van der Waals surface area contributed by atoms with Crippen LogP contribution in [0.5, 0.6) is 5.88 Å². The molecule has 2 heterocycles. The molecule has 116 valence electrons. The second-order valence-corrected chi connectivity index (χ2v) is 4.67. The SMILES string of the molecule is COc1ccc(C(=O)NCCn2cnc(C)c(C)c2=O)nn1. The van der Waals surface area contributed by atoms with Gasteiger partial charge < -0.3 is 10.1 Å². The first-order valence-corrected chi connectivity index (χ1v) is 6.71. The van der Waals surface area contributed by atoms with Gasteiger partial charge in [-0.1, -0.05) is 0 Å². The van der Waals surface area contributed by atoms with Gasteiger partial charge in [0.2, 0.25) is 5.88 Å². The van der Waals surface area contributed by atoms with Crippen molar-refractivity contribution in [3.63, 3.8) is 0 Å². The quantitative estimate of drug-likeness (QED) is 0.840. The van der Waals surface area contributed by atoms with E-state index in [0.717, 1.165) is 0 Å². The van der Waals surface area contributed by atoms with Gasteiger partial charge in [0.05, 0.1) is 13.4 Å². The van der Waals surface area contributed by atoms with Gasteiger partial charge in [-0.05, 0) is 19.9 Å². The van der Waals surface area contributed by atoms with Crippen LogP contribution in [0.1, 0.15) is 21.7 Å². The van der Waals surface area contributed by atoms with Gasteiger partial charge in [-0.25, -0.2) is 4.98 Å². The van der Waals surface area contributed by atoms with Crippen molar-refractivity contribution in [1.29, 1.82) is 0 Å². The van der Waals surface area contributed by atoms with E-state index in [1.165, 1.54) is 24.1 Å². The average Bonchev–Trinajstić information content (AvgIpc) is 2.54. The van der Waals surface area contributed by atoms with Crippen LogP contribution in [0.4, 0.5) is 0 Å². The van der Waals surface area contributed by atoms with Gasteiger partial charge in [-0.3, -0.25) is 14.2 Å². The Morgan fingerprint density at radius 2 is 2.09 bits per heavy atom. The van der Waals surface area contributed by atoms with Crippen LogP contribution in [0.2, 0.25) is 0 Å². The molecule has 0 aliphatic heterocycles. The highest BCUT2D eigenvalue weighted by atomic mass is 16.5. The Balaban J connectivity index is 1.94. The van der Waals surface area contributed by atoms with Crippen molar-refractivity contribution in [2.75, 3.05) is 13.7 Å². The summed E-state index contributed by atoms with van der Waals surface area (Å²) in [5.41, 5.74) is 1.39. The predicted molar refractivity (Wildman–Crippen MR) is 78.9 cm³/mol. The van der Waals surface area contributed by atoms with E-state index in [9.17, 15) is 9.59 Å². The molecule has 8 nitrogen and oxygen atoms in total. The minimum atomic E-state index is -0.361. The topological polar surface area (TPSA) is 99.0 Å². The number of nitrogens with zero attached hydrogens (tertiary/aromatic N) is 4. The Kier molecular flexibility index (Phi) is 4.82. The second-order valence-electron chi connectivity index (χ2n) is 4.67. The third-order valence-corrected chi connectivity index (χ3v) is 3.24. The lowest BCUT2D eigenvalue weighted by atomic mass is 10.3. The normalized spacial score (nSPS) is 10.3. The molecular weight excluding hydrogens is 286 g/mol. The molecule has 2 aromatic heterocycles. The van der Waals surface area contributed by atoms with Crippen molar-refractivity contribution < 1.29 is 9.53 Å². The van der Waals surface area contributed by atoms with Gasteiger partial charge in [-0.15, -0.1) is 10.2 Å². The largest absolute Gasteiger partial charge is 0.480 e. The molecular formula is C14H17N5O3. The van der Waals surface area contributed by atoms with Crippen molar-refractivity contribution in [2.24, 2.45) is 0 Å². The third-order valence-electron chi connectivity index (χ3n) is 3.24. The zero-order valence-corrected chi connectivity index (χ0v) is 12.7. The molecule has 22 heavy (non-hydrogen) atoms. The Hall–Kier alpha value is -2.77. The minimum absolute atomic E-state index is 0.106. The average molecular weight is 303 g/mol. The molecule has 1 N–H and O–H groups in total. The Morgan fingerprint density at radius 1 is 1.32 bits per heavy atom. The molecule has 0 fully saturated rings. The zero-order chi connectivity index (χ0) is 16.1. The lowest BCUT2D eigenvalue weighted by Crippen LogP contribution is -2.32. The molecule has 0 radical (unpaired) electrons. The van der Waals surface area contributed by atoms with Gasteiger partial charge in [0.25, 0.3) is 11.5 Å². The number of amides is 1. The van der Waals surface area contributed by atoms with Crippen LogP contribution < -0.4 is 15.6 Å². The van der Waals surface area contributed by atoms with Crippen LogP contribution in [-0.4, -0.2) is 39.3 Å². The lowest BCUT2D eigenvalue weighted by Gasteiger charge is -2.08. The van der Waals surface area contributed by atoms with Crippen LogP contribution in [0.3, 0.4) is 0 Å². The van der Waals surface area contributed by atoms with Crippen molar-refractivity contribution >= 4 is 5.91 Å². The second kappa shape index (κ2) is 6.79. The molecule has 0 aliphatic carbocycles. The summed E-state index contributed by atoms with van der Waals surface area (Å²) in [6, 6.07) is 3.07. The van der Waals surface area contributed by atoms with Crippen LogP contribution in [0.25, 0.3) is 0 Å². The molecule has 2 aromatic rings. The highest BCUT2D eigenvalue weighted by molar-refractivity contribution is 5.92. The Labute approximate surface area is 127 Å². The molecule has 0 atom stereocenters. The lowest BCUT2D eigenvalue weighted by molar-refractivity contribution is 0.0946. The minimum Gasteiger partial charge on any atom is -0.480 e. The number of carbonyl (C=O) groups is 1. The summed E-state index contributed by atoms with van der Waals surface area (Å²) in [4.78, 5) is 28.0. The maximum absolute atomic E-state index is 12.0. The van der Waals surface area contributed by atoms with Crippen LogP contribution in [-0.2, 0) is 6.54 Å². The van der Waals surface area contributed by atoms with E-state index in [0.29, 0.717) is 23.7 Å². The molecule has 1 amide bonds. The van der Waals surface area contributed by atoms with E-state index in [1.54, 1.807) is 19.9 Å². The number of rotatable bonds is 5. The number of hydrogen-bond acceptors (Lipinski definition) is 6. The first kappa shape index (κ1) is 15.6. The van der Waals surface area contributed by atoms with Gasteiger partial charge >= 0.3 is 0 Å². The van der Waals surface area contributed by atoms with E-state index < -0.39 is 0 Å². The number of carbonyl (C=O) groups excluding carboxylic acids is 1. The molecule has 0 aromatic carbocycles. The predicted octanol–water partition coefficient (Wildman–Crippen LogP) is 0.0887. The number of hydrogen-bond donors (Lipinski definition) is 1. The molecule has 2 rings (SSSR count). The molecule has 8 heteroatoms. The van der Waals surface area contributed by atoms with E-state index in [2.05, 4.69) is 20.5 Å². The first-order valence-electron chi connectivity index (χ1n) is 6.71. The van der Waals surface area contributed by atoms with Gasteiger partial charge in [0.15, 0.2) is 5.69 Å². The number of methoxy groups -OCH3 is 1. The molecule has 0 aliphatic rings. The summed E-state index contributed by atoms with van der Waals surface area (Å²) >= 11 is 0. The monoisotopic (exact) mass is 303 g/mol. The fraction of sp³-hybridized carbons (Fsp3) is 0.357. The zero-order valence-electron chi connectivity index (χ0n) is 12.7. The summed E-state index contributed by atoms with van der Waals surface area (Å²) in [6.07, 6.45) is 1.48. The highest BCUT2D eigenvalue weighted by Crippen LogP contribution is 2.03. The van der Waals surface area contributed by atoms with Crippen molar-refractivity contribution in [3.8, 4) is 5.88 Å². The first-order chi connectivity index (χ1) is 10.5. The number of nitrogens with one attached hydrogen (secondary N) is 1. The van der Waals surface area contributed by atoms with E-state index in [-0.39, 0.29) is 23.7 Å². The molecule has 0 bridgehead atoms. The fourth-order valence-electron chi connectivity index (χ4n) is 1.77. The van der Waals surface area contributed by atoms with E-state index >= 15 is 0 Å². The molecule has 0 saturated heterocycles. The van der Waals surface area contributed by atoms with Crippen molar-refractivity contribution in [2.45, 2.75) is 20.4 Å². The smallest absolute Gasteiger partial charge is 0.271 e. The van der Waals surface area contributed by atoms with E-state index in [1.807, 2.05) is 0 Å². The van der Waals surface area contributed by atoms with Crippen molar-refractivity contribution in [1.82, 2.24) is 25.1 Å². The molecule has 0 spiro atoms. The summed E-state index contributed by atoms with van der Waals surface area (Å²) < 4.78 is 6.33. The highest BCUT2D eigenvalue weighted by Gasteiger charge is 2.08. The van der Waals surface area contributed by atoms with Gasteiger partial charge in [0.1, 0.15) is 0 Å². The standard InChI is InChI=1S/C14H17N5O3/c1-9-10(2)16-8-19(14(9)21)7-6-15-13(20)11-4-5-12(22-3)18-17-11/h4-5,8H,6-7H2,1-3H3,(H,15,20). The maximum Gasteiger partial charge on any atom is 0.271 e. The van der Waals surface area contributed by atoms with Crippen LogP contribution in [0, 0.1) is 13.8 Å². The number of ether oxygens (including phenoxy) is 1. The summed E-state index contributed by atoms with van der Waals surface area (Å²) in [6.45, 7) is 4.14. The molecule has 0 saturated carbocycles. The Morgan fingerprint density at radius 3 is 2.73 bits per heavy atom. The summed E-state index contributed by atoms with van der Waals surface area (Å²) in [5, 5.41) is 10.1. The van der Waals surface area contributed by atoms with Crippen LogP contribution >= 0.6 is 0 Å². The van der Waals surface area contributed by atoms with E-state index in [4.69, 9.17) is 4.74 Å². The number of aromatic nitrogens is 4. The van der Waals surface area contributed by atoms with Gasteiger partial charge in [-0.2, -0.15) is 0 Å². The maximum atomic E-state index is 12.0. The summed E-state index contributed by atoms with van der Waals surface area (Å²) in [5.74, 6) is -0.0238. The Bertz CT molecular complexity index is 724.